The summed E-state index contributed by atoms with van der Waals surface area (Å²) in [5.74, 6) is -0.0483. The lowest BCUT2D eigenvalue weighted by Gasteiger charge is -2.19. The van der Waals surface area contributed by atoms with Gasteiger partial charge < -0.3 is 25.2 Å². The molecule has 0 aliphatic rings. The molecular weight excluding hydrogens is 422 g/mol. The summed E-state index contributed by atoms with van der Waals surface area (Å²) in [6.07, 6.45) is 0. The standard InChI is InChI=1S/C25H23N3O5/c1-25(2,3)14-4-8-17(9-5-14)33-24-27-22(18-10-6-15(29)12-20(18)31)26-23(28-24)19-11-7-16(30)13-21(19)32/h4-13,29-32H,1-3H3. The van der Waals surface area contributed by atoms with E-state index in [1.54, 1.807) is 12.1 Å². The molecule has 0 atom stereocenters. The molecule has 1 heterocycles. The van der Waals surface area contributed by atoms with E-state index in [1.165, 1.54) is 36.4 Å². The lowest BCUT2D eigenvalue weighted by molar-refractivity contribution is 0.438. The molecule has 0 radical (unpaired) electrons. The Kier molecular flexibility index (Phi) is 5.51. The van der Waals surface area contributed by atoms with Crippen molar-refractivity contribution in [3.05, 3.63) is 66.2 Å². The number of aromatic hydroxyl groups is 4. The number of hydrogen-bond donors (Lipinski definition) is 4. The molecule has 8 nitrogen and oxygen atoms in total. The highest BCUT2D eigenvalue weighted by Gasteiger charge is 2.18. The number of phenols is 4. The maximum atomic E-state index is 10.3. The molecule has 0 spiro atoms. The SMILES string of the molecule is CC(C)(C)c1ccc(Oc2nc(-c3ccc(O)cc3O)nc(-c3ccc(O)cc3O)n2)cc1. The Morgan fingerprint density at radius 2 is 1.12 bits per heavy atom. The highest BCUT2D eigenvalue weighted by atomic mass is 16.5. The molecule has 0 saturated heterocycles. The van der Waals surface area contributed by atoms with Gasteiger partial charge in [-0.1, -0.05) is 32.9 Å². The predicted octanol–water partition coefficient (Wildman–Crippen LogP) is 5.12. The molecule has 4 aromatic rings. The highest BCUT2D eigenvalue weighted by Crippen LogP contribution is 2.35. The summed E-state index contributed by atoms with van der Waals surface area (Å²) in [5.41, 5.74) is 1.60. The summed E-state index contributed by atoms with van der Waals surface area (Å²) >= 11 is 0. The van der Waals surface area contributed by atoms with Gasteiger partial charge in [-0.05, 0) is 47.4 Å². The number of hydrogen-bond acceptors (Lipinski definition) is 8. The topological polar surface area (TPSA) is 129 Å². The van der Waals surface area contributed by atoms with Crippen LogP contribution in [0.15, 0.2) is 60.7 Å². The van der Waals surface area contributed by atoms with Crippen molar-refractivity contribution in [3.63, 3.8) is 0 Å². The molecule has 0 amide bonds. The number of benzene rings is 3. The van der Waals surface area contributed by atoms with Crippen LogP contribution >= 0.6 is 0 Å². The van der Waals surface area contributed by atoms with Crippen molar-refractivity contribution in [2.24, 2.45) is 0 Å². The van der Waals surface area contributed by atoms with E-state index in [1.807, 2.05) is 12.1 Å². The van der Waals surface area contributed by atoms with E-state index in [9.17, 15) is 20.4 Å². The normalized spacial score (nSPS) is 11.4. The minimum absolute atomic E-state index is 0.0151. The van der Waals surface area contributed by atoms with Crippen molar-refractivity contribution in [2.75, 3.05) is 0 Å². The van der Waals surface area contributed by atoms with E-state index in [2.05, 4.69) is 35.7 Å². The number of rotatable bonds is 4. The second-order valence-electron chi connectivity index (χ2n) is 8.54. The first-order valence-electron chi connectivity index (χ1n) is 10.2. The first kappa shape index (κ1) is 21.9. The maximum Gasteiger partial charge on any atom is 0.326 e. The van der Waals surface area contributed by atoms with Gasteiger partial charge in [0.05, 0.1) is 11.1 Å². The average Bonchev–Trinajstić information content (AvgIpc) is 2.73. The monoisotopic (exact) mass is 445 g/mol. The second-order valence-corrected chi connectivity index (χ2v) is 8.54. The quantitative estimate of drug-likeness (QED) is 0.341. The lowest BCUT2D eigenvalue weighted by atomic mass is 9.87. The Bertz CT molecular complexity index is 1250. The fourth-order valence-electron chi connectivity index (χ4n) is 3.19. The molecule has 0 fully saturated rings. The Balaban J connectivity index is 1.80. The minimum Gasteiger partial charge on any atom is -0.508 e. The van der Waals surface area contributed by atoms with Gasteiger partial charge in [-0.2, -0.15) is 9.97 Å². The fourth-order valence-corrected chi connectivity index (χ4v) is 3.19. The van der Waals surface area contributed by atoms with Gasteiger partial charge >= 0.3 is 6.01 Å². The lowest BCUT2D eigenvalue weighted by Crippen LogP contribution is -2.10. The van der Waals surface area contributed by atoms with Crippen molar-refractivity contribution < 1.29 is 25.2 Å². The largest absolute Gasteiger partial charge is 0.508 e. The van der Waals surface area contributed by atoms with E-state index in [-0.39, 0.29) is 57.2 Å². The molecule has 168 valence electrons. The van der Waals surface area contributed by atoms with E-state index >= 15 is 0 Å². The van der Waals surface area contributed by atoms with Crippen LogP contribution < -0.4 is 4.74 Å². The molecule has 0 bridgehead atoms. The van der Waals surface area contributed by atoms with Crippen LogP contribution in [0.3, 0.4) is 0 Å². The van der Waals surface area contributed by atoms with Crippen LogP contribution in [-0.2, 0) is 5.41 Å². The number of aromatic nitrogens is 3. The number of ether oxygens (including phenoxy) is 1. The summed E-state index contributed by atoms with van der Waals surface area (Å²) in [7, 11) is 0. The summed E-state index contributed by atoms with van der Waals surface area (Å²) in [6.45, 7) is 6.34. The van der Waals surface area contributed by atoms with Crippen LogP contribution in [-0.4, -0.2) is 35.4 Å². The third kappa shape index (κ3) is 4.79. The van der Waals surface area contributed by atoms with Crippen LogP contribution in [0.25, 0.3) is 22.8 Å². The van der Waals surface area contributed by atoms with Gasteiger partial charge in [0.15, 0.2) is 11.6 Å². The van der Waals surface area contributed by atoms with Crippen molar-refractivity contribution in [3.8, 4) is 57.5 Å². The van der Waals surface area contributed by atoms with Crippen molar-refractivity contribution >= 4 is 0 Å². The molecule has 3 aromatic carbocycles. The Morgan fingerprint density at radius 1 is 0.636 bits per heavy atom. The van der Waals surface area contributed by atoms with E-state index in [0.29, 0.717) is 5.75 Å². The van der Waals surface area contributed by atoms with Gasteiger partial charge in [0.1, 0.15) is 28.7 Å². The van der Waals surface area contributed by atoms with Crippen LogP contribution in [0.4, 0.5) is 0 Å². The van der Waals surface area contributed by atoms with Crippen molar-refractivity contribution in [1.82, 2.24) is 15.0 Å². The van der Waals surface area contributed by atoms with E-state index in [4.69, 9.17) is 4.74 Å². The molecule has 0 saturated carbocycles. The van der Waals surface area contributed by atoms with Gasteiger partial charge in [-0.15, -0.1) is 0 Å². The third-order valence-electron chi connectivity index (χ3n) is 4.99. The molecular formula is C25H23N3O5. The van der Waals surface area contributed by atoms with Crippen LogP contribution in [0, 0.1) is 0 Å². The van der Waals surface area contributed by atoms with Gasteiger partial charge in [0.2, 0.25) is 0 Å². The predicted molar refractivity (Wildman–Crippen MR) is 123 cm³/mol. The number of nitrogens with zero attached hydrogens (tertiary/aromatic N) is 3. The van der Waals surface area contributed by atoms with Crippen molar-refractivity contribution in [1.29, 1.82) is 0 Å². The highest BCUT2D eigenvalue weighted by molar-refractivity contribution is 5.70. The Hall–Kier alpha value is -4.33. The molecule has 1 aromatic heterocycles. The molecule has 4 N–H and O–H groups in total. The fraction of sp³-hybridized carbons (Fsp3) is 0.160. The maximum absolute atomic E-state index is 10.3. The van der Waals surface area contributed by atoms with Gasteiger partial charge in [-0.3, -0.25) is 0 Å². The van der Waals surface area contributed by atoms with E-state index < -0.39 is 0 Å². The first-order valence-corrected chi connectivity index (χ1v) is 10.2. The zero-order valence-corrected chi connectivity index (χ0v) is 18.3. The Labute approximate surface area is 190 Å². The smallest absolute Gasteiger partial charge is 0.326 e. The molecule has 4 rings (SSSR count). The zero-order chi connectivity index (χ0) is 23.8. The molecule has 8 heteroatoms. The van der Waals surface area contributed by atoms with Crippen LogP contribution in [0.1, 0.15) is 26.3 Å². The van der Waals surface area contributed by atoms with Gasteiger partial charge in [0.25, 0.3) is 0 Å². The molecule has 0 aliphatic carbocycles. The molecule has 0 unspecified atom stereocenters. The van der Waals surface area contributed by atoms with Gasteiger partial charge in [0, 0.05) is 12.1 Å². The summed E-state index contributed by atoms with van der Waals surface area (Å²) in [5, 5.41) is 39.8. The number of phenolic OH excluding ortho intramolecular Hbond substituents is 4. The summed E-state index contributed by atoms with van der Waals surface area (Å²) in [4.78, 5) is 13.0. The van der Waals surface area contributed by atoms with Crippen LogP contribution in [0.5, 0.6) is 34.8 Å². The first-order chi connectivity index (χ1) is 15.6. The molecule has 33 heavy (non-hydrogen) atoms. The summed E-state index contributed by atoms with van der Waals surface area (Å²) < 4.78 is 5.87. The van der Waals surface area contributed by atoms with E-state index in [0.717, 1.165) is 5.56 Å². The third-order valence-corrected chi connectivity index (χ3v) is 4.99. The Morgan fingerprint density at radius 3 is 1.55 bits per heavy atom. The molecule has 0 aliphatic heterocycles. The minimum atomic E-state index is -0.234. The van der Waals surface area contributed by atoms with Crippen LogP contribution in [0.2, 0.25) is 0 Å². The second kappa shape index (κ2) is 8.31. The summed E-state index contributed by atoms with van der Waals surface area (Å²) in [6, 6.07) is 15.5. The zero-order valence-electron chi connectivity index (χ0n) is 18.3. The van der Waals surface area contributed by atoms with Gasteiger partial charge in [-0.25, -0.2) is 4.98 Å². The average molecular weight is 445 g/mol. The van der Waals surface area contributed by atoms with Crippen molar-refractivity contribution in [2.45, 2.75) is 26.2 Å².